The highest BCUT2D eigenvalue weighted by Crippen LogP contribution is 2.29. The zero-order chi connectivity index (χ0) is 20.1. The van der Waals surface area contributed by atoms with E-state index in [1.165, 1.54) is 16.9 Å². The number of amides is 1. The SMILES string of the molecule is Cc1ccc(CN(C)C(=O)COC(=O)c2sccc2-c2ccc(C)cc2)cc1. The first kappa shape index (κ1) is 19.8. The summed E-state index contributed by atoms with van der Waals surface area (Å²) in [5.74, 6) is -0.704. The van der Waals surface area contributed by atoms with E-state index >= 15 is 0 Å². The first-order valence-electron chi connectivity index (χ1n) is 9.05. The molecule has 0 fully saturated rings. The molecular weight excluding hydrogens is 370 g/mol. The van der Waals surface area contributed by atoms with Crippen LogP contribution in [-0.2, 0) is 16.1 Å². The van der Waals surface area contributed by atoms with Crippen LogP contribution in [0.2, 0.25) is 0 Å². The Bertz CT molecular complexity index is 958. The predicted molar refractivity (Wildman–Crippen MR) is 112 cm³/mol. The van der Waals surface area contributed by atoms with Gasteiger partial charge in [-0.1, -0.05) is 59.7 Å². The van der Waals surface area contributed by atoms with Gasteiger partial charge in [0.1, 0.15) is 4.88 Å². The second-order valence-corrected chi connectivity index (χ2v) is 7.76. The molecule has 4 nitrogen and oxygen atoms in total. The maximum atomic E-state index is 12.5. The Labute approximate surface area is 169 Å². The summed E-state index contributed by atoms with van der Waals surface area (Å²) >= 11 is 1.32. The summed E-state index contributed by atoms with van der Waals surface area (Å²) in [6.07, 6.45) is 0. The van der Waals surface area contributed by atoms with Crippen LogP contribution in [0.25, 0.3) is 11.1 Å². The Morgan fingerprint density at radius 2 is 1.54 bits per heavy atom. The van der Waals surface area contributed by atoms with Crippen molar-refractivity contribution in [2.75, 3.05) is 13.7 Å². The third kappa shape index (κ3) is 4.87. The Hall–Kier alpha value is -2.92. The second kappa shape index (κ2) is 8.85. The molecule has 3 aromatic rings. The Balaban J connectivity index is 1.59. The van der Waals surface area contributed by atoms with Crippen LogP contribution < -0.4 is 0 Å². The molecule has 0 aliphatic heterocycles. The van der Waals surface area contributed by atoms with E-state index in [1.807, 2.05) is 73.8 Å². The lowest BCUT2D eigenvalue weighted by Crippen LogP contribution is -2.30. The molecule has 0 bridgehead atoms. The second-order valence-electron chi connectivity index (χ2n) is 6.84. The molecular formula is C23H23NO3S. The van der Waals surface area contributed by atoms with Gasteiger partial charge in [-0.3, -0.25) is 4.79 Å². The maximum absolute atomic E-state index is 12.5. The van der Waals surface area contributed by atoms with Gasteiger partial charge >= 0.3 is 5.97 Å². The minimum absolute atomic E-state index is 0.234. The molecule has 0 radical (unpaired) electrons. The monoisotopic (exact) mass is 393 g/mol. The van der Waals surface area contributed by atoms with Crippen molar-refractivity contribution >= 4 is 23.2 Å². The summed E-state index contributed by atoms with van der Waals surface area (Å²) in [6.45, 7) is 4.25. The third-order valence-corrected chi connectivity index (χ3v) is 5.40. The van der Waals surface area contributed by atoms with E-state index in [0.29, 0.717) is 11.4 Å². The molecule has 1 heterocycles. The number of hydrogen-bond donors (Lipinski definition) is 0. The number of hydrogen-bond acceptors (Lipinski definition) is 4. The topological polar surface area (TPSA) is 46.6 Å². The Kier molecular flexibility index (Phi) is 6.26. The maximum Gasteiger partial charge on any atom is 0.349 e. The van der Waals surface area contributed by atoms with Crippen molar-refractivity contribution in [2.24, 2.45) is 0 Å². The van der Waals surface area contributed by atoms with Gasteiger partial charge in [-0.05, 0) is 36.4 Å². The minimum Gasteiger partial charge on any atom is -0.451 e. The lowest BCUT2D eigenvalue weighted by molar-refractivity contribution is -0.133. The number of ether oxygens (including phenoxy) is 1. The highest BCUT2D eigenvalue weighted by atomic mass is 32.1. The van der Waals surface area contributed by atoms with Crippen LogP contribution in [0.3, 0.4) is 0 Å². The zero-order valence-electron chi connectivity index (χ0n) is 16.3. The van der Waals surface area contributed by atoms with Crippen molar-refractivity contribution < 1.29 is 14.3 Å². The van der Waals surface area contributed by atoms with Gasteiger partial charge in [0.05, 0.1) is 0 Å². The number of aryl methyl sites for hydroxylation is 2. The molecule has 2 aromatic carbocycles. The van der Waals surface area contributed by atoms with Crippen molar-refractivity contribution in [3.63, 3.8) is 0 Å². The van der Waals surface area contributed by atoms with Crippen LogP contribution in [0, 0.1) is 13.8 Å². The van der Waals surface area contributed by atoms with E-state index in [4.69, 9.17) is 4.74 Å². The molecule has 0 spiro atoms. The van der Waals surface area contributed by atoms with E-state index in [9.17, 15) is 9.59 Å². The molecule has 0 saturated carbocycles. The lowest BCUT2D eigenvalue weighted by Gasteiger charge is -2.17. The summed E-state index contributed by atoms with van der Waals surface area (Å²) < 4.78 is 5.29. The number of benzene rings is 2. The average molecular weight is 394 g/mol. The van der Waals surface area contributed by atoms with Gasteiger partial charge in [0.25, 0.3) is 5.91 Å². The molecule has 0 aliphatic carbocycles. The van der Waals surface area contributed by atoms with Crippen molar-refractivity contribution in [3.8, 4) is 11.1 Å². The van der Waals surface area contributed by atoms with Gasteiger partial charge in [0.2, 0.25) is 0 Å². The quantitative estimate of drug-likeness (QED) is 0.563. The van der Waals surface area contributed by atoms with Gasteiger partial charge in [0.15, 0.2) is 6.61 Å². The first-order chi connectivity index (χ1) is 13.4. The molecule has 28 heavy (non-hydrogen) atoms. The smallest absolute Gasteiger partial charge is 0.349 e. The van der Waals surface area contributed by atoms with Crippen LogP contribution in [0.15, 0.2) is 60.0 Å². The number of rotatable bonds is 6. The summed E-state index contributed by atoms with van der Waals surface area (Å²) in [4.78, 5) is 26.9. The summed E-state index contributed by atoms with van der Waals surface area (Å²) in [7, 11) is 1.71. The van der Waals surface area contributed by atoms with Crippen molar-refractivity contribution in [1.29, 1.82) is 0 Å². The minimum atomic E-state index is -0.470. The number of carbonyl (C=O) groups is 2. The van der Waals surface area contributed by atoms with Crippen LogP contribution in [0.1, 0.15) is 26.4 Å². The largest absolute Gasteiger partial charge is 0.451 e. The molecule has 5 heteroatoms. The standard InChI is InChI=1S/C23H23NO3S/c1-16-4-8-18(9-5-16)14-24(3)21(25)15-27-23(26)22-20(12-13-28-22)19-10-6-17(2)7-11-19/h4-13H,14-15H2,1-3H3. The number of esters is 1. The van der Waals surface area contributed by atoms with E-state index in [2.05, 4.69) is 0 Å². The van der Waals surface area contributed by atoms with Crippen LogP contribution in [-0.4, -0.2) is 30.4 Å². The van der Waals surface area contributed by atoms with Gasteiger partial charge < -0.3 is 9.64 Å². The van der Waals surface area contributed by atoms with E-state index in [1.54, 1.807) is 11.9 Å². The molecule has 0 atom stereocenters. The molecule has 1 aromatic heterocycles. The zero-order valence-corrected chi connectivity index (χ0v) is 17.1. The number of nitrogens with zero attached hydrogens (tertiary/aromatic N) is 1. The third-order valence-electron chi connectivity index (χ3n) is 4.51. The fraction of sp³-hybridized carbons (Fsp3) is 0.217. The highest BCUT2D eigenvalue weighted by molar-refractivity contribution is 7.12. The number of likely N-dealkylation sites (N-methyl/N-ethyl adjacent to an activating group) is 1. The van der Waals surface area contributed by atoms with Crippen LogP contribution >= 0.6 is 11.3 Å². The van der Waals surface area contributed by atoms with E-state index in [0.717, 1.165) is 22.3 Å². The summed E-state index contributed by atoms with van der Waals surface area (Å²) in [6, 6.07) is 17.9. The molecule has 0 aliphatic rings. The van der Waals surface area contributed by atoms with E-state index in [-0.39, 0.29) is 12.5 Å². The van der Waals surface area contributed by atoms with Crippen LogP contribution in [0.4, 0.5) is 0 Å². The molecule has 144 valence electrons. The van der Waals surface area contributed by atoms with Crippen molar-refractivity contribution in [1.82, 2.24) is 4.90 Å². The Morgan fingerprint density at radius 1 is 0.929 bits per heavy atom. The summed E-state index contributed by atoms with van der Waals surface area (Å²) in [5.41, 5.74) is 5.15. The first-order valence-corrected chi connectivity index (χ1v) is 9.93. The fourth-order valence-corrected chi connectivity index (χ4v) is 3.59. The van der Waals surface area contributed by atoms with Gasteiger partial charge in [-0.15, -0.1) is 11.3 Å². The molecule has 0 unspecified atom stereocenters. The molecule has 1 amide bonds. The van der Waals surface area contributed by atoms with Crippen molar-refractivity contribution in [3.05, 3.63) is 81.5 Å². The lowest BCUT2D eigenvalue weighted by atomic mass is 10.1. The van der Waals surface area contributed by atoms with Gasteiger partial charge in [0, 0.05) is 19.2 Å². The van der Waals surface area contributed by atoms with Gasteiger partial charge in [-0.2, -0.15) is 0 Å². The normalized spacial score (nSPS) is 10.5. The predicted octanol–water partition coefficient (Wildman–Crippen LogP) is 4.85. The molecule has 3 rings (SSSR count). The number of carbonyl (C=O) groups excluding carboxylic acids is 2. The molecule has 0 N–H and O–H groups in total. The summed E-state index contributed by atoms with van der Waals surface area (Å²) in [5, 5.41) is 1.86. The highest BCUT2D eigenvalue weighted by Gasteiger charge is 2.18. The van der Waals surface area contributed by atoms with Crippen molar-refractivity contribution in [2.45, 2.75) is 20.4 Å². The number of thiophene rings is 1. The van der Waals surface area contributed by atoms with Crippen LogP contribution in [0.5, 0.6) is 0 Å². The average Bonchev–Trinajstić information content (AvgIpc) is 3.18. The van der Waals surface area contributed by atoms with Gasteiger partial charge in [-0.25, -0.2) is 4.79 Å². The fourth-order valence-electron chi connectivity index (χ4n) is 2.79. The Morgan fingerprint density at radius 3 is 2.18 bits per heavy atom. The van der Waals surface area contributed by atoms with E-state index < -0.39 is 5.97 Å². The molecule has 0 saturated heterocycles.